The van der Waals surface area contributed by atoms with Crippen LogP contribution in [0.25, 0.3) is 0 Å². The molecule has 0 aromatic heterocycles. The third kappa shape index (κ3) is 2.19. The SMILES string of the molecule is CCC(CC)(CCN)C(=O)O. The van der Waals surface area contributed by atoms with Gasteiger partial charge in [-0.05, 0) is 25.8 Å². The van der Waals surface area contributed by atoms with E-state index in [0.29, 0.717) is 25.8 Å². The molecule has 3 heteroatoms. The van der Waals surface area contributed by atoms with E-state index in [1.165, 1.54) is 0 Å². The first-order valence-electron chi connectivity index (χ1n) is 4.06. The van der Waals surface area contributed by atoms with Crippen molar-refractivity contribution < 1.29 is 9.90 Å². The molecule has 0 fully saturated rings. The van der Waals surface area contributed by atoms with E-state index in [9.17, 15) is 4.79 Å². The van der Waals surface area contributed by atoms with Crippen LogP contribution in [0.15, 0.2) is 0 Å². The highest BCUT2D eigenvalue weighted by atomic mass is 16.4. The summed E-state index contributed by atoms with van der Waals surface area (Å²) < 4.78 is 0. The first-order valence-corrected chi connectivity index (χ1v) is 4.06. The molecule has 0 aliphatic carbocycles. The van der Waals surface area contributed by atoms with Crippen molar-refractivity contribution in [3.8, 4) is 0 Å². The molecule has 0 aliphatic heterocycles. The minimum absolute atomic E-state index is 0.452. The molecular formula is C8H17NO2. The Morgan fingerprint density at radius 2 is 1.91 bits per heavy atom. The lowest BCUT2D eigenvalue weighted by atomic mass is 9.79. The van der Waals surface area contributed by atoms with Crippen LogP contribution in [0.4, 0.5) is 0 Å². The molecule has 3 N–H and O–H groups in total. The van der Waals surface area contributed by atoms with Gasteiger partial charge in [-0.2, -0.15) is 0 Å². The molecule has 0 aliphatic rings. The molecule has 0 radical (unpaired) electrons. The van der Waals surface area contributed by atoms with Gasteiger partial charge in [0.1, 0.15) is 0 Å². The maximum Gasteiger partial charge on any atom is 0.309 e. The fraction of sp³-hybridized carbons (Fsp3) is 0.875. The van der Waals surface area contributed by atoms with E-state index >= 15 is 0 Å². The normalized spacial score (nSPS) is 11.5. The Labute approximate surface area is 67.6 Å². The average Bonchev–Trinajstić information content (AvgIpc) is 2.00. The minimum Gasteiger partial charge on any atom is -0.481 e. The maximum absolute atomic E-state index is 10.8. The number of hydrogen-bond acceptors (Lipinski definition) is 2. The van der Waals surface area contributed by atoms with Crippen molar-refractivity contribution in [3.05, 3.63) is 0 Å². The van der Waals surface area contributed by atoms with Crippen LogP contribution in [0, 0.1) is 5.41 Å². The van der Waals surface area contributed by atoms with Gasteiger partial charge in [0.2, 0.25) is 0 Å². The molecule has 0 unspecified atom stereocenters. The van der Waals surface area contributed by atoms with E-state index in [1.54, 1.807) is 0 Å². The van der Waals surface area contributed by atoms with Crippen molar-refractivity contribution in [1.29, 1.82) is 0 Å². The quantitative estimate of drug-likeness (QED) is 0.634. The zero-order valence-electron chi connectivity index (χ0n) is 7.26. The van der Waals surface area contributed by atoms with Gasteiger partial charge in [0.25, 0.3) is 0 Å². The molecule has 0 bridgehead atoms. The average molecular weight is 159 g/mol. The fourth-order valence-corrected chi connectivity index (χ4v) is 1.29. The largest absolute Gasteiger partial charge is 0.481 e. The number of aliphatic carboxylic acids is 1. The van der Waals surface area contributed by atoms with Crippen LogP contribution in [-0.2, 0) is 4.79 Å². The van der Waals surface area contributed by atoms with Crippen LogP contribution >= 0.6 is 0 Å². The van der Waals surface area contributed by atoms with Gasteiger partial charge >= 0.3 is 5.97 Å². The number of carboxylic acids is 1. The molecule has 66 valence electrons. The summed E-state index contributed by atoms with van der Waals surface area (Å²) in [5, 5.41) is 8.90. The lowest BCUT2D eigenvalue weighted by molar-refractivity contribution is -0.149. The van der Waals surface area contributed by atoms with Crippen molar-refractivity contribution >= 4 is 5.97 Å². The highest BCUT2D eigenvalue weighted by Crippen LogP contribution is 2.29. The van der Waals surface area contributed by atoms with Crippen molar-refractivity contribution in [2.24, 2.45) is 11.1 Å². The number of carboxylic acid groups (broad SMARTS) is 1. The second-order valence-corrected chi connectivity index (χ2v) is 2.83. The third-order valence-electron chi connectivity index (χ3n) is 2.43. The first kappa shape index (κ1) is 10.4. The van der Waals surface area contributed by atoms with Crippen LogP contribution in [0.2, 0.25) is 0 Å². The van der Waals surface area contributed by atoms with Gasteiger partial charge in [-0.3, -0.25) is 4.79 Å². The number of rotatable bonds is 5. The van der Waals surface area contributed by atoms with Gasteiger partial charge in [-0.15, -0.1) is 0 Å². The topological polar surface area (TPSA) is 63.3 Å². The zero-order chi connectivity index (χ0) is 8.91. The molecule has 0 amide bonds. The smallest absolute Gasteiger partial charge is 0.309 e. The molecule has 0 aromatic rings. The number of nitrogens with two attached hydrogens (primary N) is 1. The first-order chi connectivity index (χ1) is 5.13. The van der Waals surface area contributed by atoms with Crippen LogP contribution in [0.1, 0.15) is 33.1 Å². The van der Waals surface area contributed by atoms with Gasteiger partial charge in [-0.25, -0.2) is 0 Å². The summed E-state index contributed by atoms with van der Waals surface area (Å²) in [6.45, 7) is 4.24. The standard InChI is InChI=1S/C8H17NO2/c1-3-8(4-2,5-6-9)7(10)11/h3-6,9H2,1-2H3,(H,10,11). The molecule has 3 nitrogen and oxygen atoms in total. The maximum atomic E-state index is 10.8. The summed E-state index contributed by atoms with van der Waals surface area (Å²) in [6.07, 6.45) is 1.90. The highest BCUT2D eigenvalue weighted by molar-refractivity contribution is 5.74. The molecule has 0 atom stereocenters. The van der Waals surface area contributed by atoms with Gasteiger partial charge in [0.05, 0.1) is 5.41 Å². The van der Waals surface area contributed by atoms with Gasteiger partial charge < -0.3 is 10.8 Å². The van der Waals surface area contributed by atoms with Crippen molar-refractivity contribution in [3.63, 3.8) is 0 Å². The van der Waals surface area contributed by atoms with Gasteiger partial charge in [0, 0.05) is 0 Å². The molecular weight excluding hydrogens is 142 g/mol. The Morgan fingerprint density at radius 3 is 2.00 bits per heavy atom. The van der Waals surface area contributed by atoms with Crippen LogP contribution in [-0.4, -0.2) is 17.6 Å². The second kappa shape index (κ2) is 4.34. The van der Waals surface area contributed by atoms with Gasteiger partial charge in [-0.1, -0.05) is 13.8 Å². The molecule has 11 heavy (non-hydrogen) atoms. The van der Waals surface area contributed by atoms with E-state index in [0.717, 1.165) is 0 Å². The van der Waals surface area contributed by atoms with Crippen LogP contribution in [0.5, 0.6) is 0 Å². The predicted molar refractivity (Wildman–Crippen MR) is 44.3 cm³/mol. The summed E-state index contributed by atoms with van der Waals surface area (Å²) in [6, 6.07) is 0. The molecule has 0 spiro atoms. The Bertz CT molecular complexity index is 130. The third-order valence-corrected chi connectivity index (χ3v) is 2.43. The fourth-order valence-electron chi connectivity index (χ4n) is 1.29. The van der Waals surface area contributed by atoms with E-state index in [1.807, 2.05) is 13.8 Å². The van der Waals surface area contributed by atoms with Crippen molar-refractivity contribution in [1.82, 2.24) is 0 Å². The zero-order valence-corrected chi connectivity index (χ0v) is 7.26. The lowest BCUT2D eigenvalue weighted by Gasteiger charge is -2.25. The lowest BCUT2D eigenvalue weighted by Crippen LogP contribution is -2.32. The Kier molecular flexibility index (Phi) is 4.11. The van der Waals surface area contributed by atoms with Crippen LogP contribution in [0.3, 0.4) is 0 Å². The summed E-state index contributed by atoms with van der Waals surface area (Å²) in [5.41, 5.74) is 4.77. The van der Waals surface area contributed by atoms with Crippen molar-refractivity contribution in [2.45, 2.75) is 33.1 Å². The minimum atomic E-state index is -0.715. The van der Waals surface area contributed by atoms with Gasteiger partial charge in [0.15, 0.2) is 0 Å². The van der Waals surface area contributed by atoms with E-state index in [4.69, 9.17) is 10.8 Å². The van der Waals surface area contributed by atoms with E-state index in [-0.39, 0.29) is 0 Å². The van der Waals surface area contributed by atoms with Crippen molar-refractivity contribution in [2.75, 3.05) is 6.54 Å². The molecule has 0 rings (SSSR count). The summed E-state index contributed by atoms with van der Waals surface area (Å²) >= 11 is 0. The van der Waals surface area contributed by atoms with E-state index in [2.05, 4.69) is 0 Å². The summed E-state index contributed by atoms with van der Waals surface area (Å²) in [4.78, 5) is 10.8. The Morgan fingerprint density at radius 1 is 1.45 bits per heavy atom. The molecule has 0 aromatic carbocycles. The number of hydrogen-bond donors (Lipinski definition) is 2. The summed E-state index contributed by atoms with van der Waals surface area (Å²) in [7, 11) is 0. The Balaban J connectivity index is 4.32. The Hall–Kier alpha value is -0.570. The van der Waals surface area contributed by atoms with Crippen LogP contribution < -0.4 is 5.73 Å². The predicted octanol–water partition coefficient (Wildman–Crippen LogP) is 1.23. The monoisotopic (exact) mass is 159 g/mol. The van der Waals surface area contributed by atoms with E-state index < -0.39 is 11.4 Å². The highest BCUT2D eigenvalue weighted by Gasteiger charge is 2.33. The summed E-state index contributed by atoms with van der Waals surface area (Å²) in [5.74, 6) is -0.715. The second-order valence-electron chi connectivity index (χ2n) is 2.83. The molecule has 0 heterocycles. The molecule has 0 saturated carbocycles. The molecule has 0 saturated heterocycles. The number of carbonyl (C=O) groups is 1.